The van der Waals surface area contributed by atoms with Gasteiger partial charge in [-0.1, -0.05) is 41.7 Å². The van der Waals surface area contributed by atoms with Crippen molar-refractivity contribution < 1.29 is 4.79 Å². The van der Waals surface area contributed by atoms with Crippen LogP contribution >= 0.6 is 22.9 Å². The molecule has 0 unspecified atom stereocenters. The maximum atomic E-state index is 11.2. The smallest absolute Gasteiger partial charge is 0.241 e. The molecule has 2 rings (SSSR count). The molecule has 0 aliphatic carbocycles. The van der Waals surface area contributed by atoms with Crippen LogP contribution in [-0.2, 0) is 4.79 Å². The fourth-order valence-electron chi connectivity index (χ4n) is 1.46. The van der Waals surface area contributed by atoms with Gasteiger partial charge in [0.05, 0.1) is 10.6 Å². The van der Waals surface area contributed by atoms with Gasteiger partial charge in [0, 0.05) is 0 Å². The summed E-state index contributed by atoms with van der Waals surface area (Å²) in [6.07, 6.45) is 0. The molecule has 0 saturated carbocycles. The van der Waals surface area contributed by atoms with Gasteiger partial charge < -0.3 is 5.32 Å². The summed E-state index contributed by atoms with van der Waals surface area (Å²) in [7, 11) is 0. The zero-order chi connectivity index (χ0) is 12.3. The van der Waals surface area contributed by atoms with E-state index in [0.29, 0.717) is 5.13 Å². The first-order chi connectivity index (χ1) is 8.20. The molecule has 17 heavy (non-hydrogen) atoms. The van der Waals surface area contributed by atoms with Crippen LogP contribution in [0.4, 0.5) is 5.13 Å². The Labute approximate surface area is 108 Å². The van der Waals surface area contributed by atoms with Crippen molar-refractivity contribution in [3.63, 3.8) is 0 Å². The van der Waals surface area contributed by atoms with Gasteiger partial charge in [0.1, 0.15) is 5.88 Å². The van der Waals surface area contributed by atoms with E-state index in [0.717, 1.165) is 16.1 Å². The minimum absolute atomic E-state index is 0.0563. The summed E-state index contributed by atoms with van der Waals surface area (Å²) in [4.78, 5) is 16.5. The van der Waals surface area contributed by atoms with E-state index >= 15 is 0 Å². The molecule has 0 aliphatic heterocycles. The highest BCUT2D eigenvalue weighted by Gasteiger charge is 2.10. The molecule has 0 spiro atoms. The molecule has 0 saturated heterocycles. The number of alkyl halides is 1. The van der Waals surface area contributed by atoms with Gasteiger partial charge in [-0.25, -0.2) is 4.98 Å². The number of nitrogens with one attached hydrogen (secondary N) is 1. The zero-order valence-corrected chi connectivity index (χ0v) is 10.8. The minimum Gasteiger partial charge on any atom is -0.301 e. The first-order valence-electron chi connectivity index (χ1n) is 5.09. The van der Waals surface area contributed by atoms with Gasteiger partial charge in [-0.15, -0.1) is 11.6 Å². The molecule has 1 amide bonds. The molecular formula is C12H11ClN2OS. The lowest BCUT2D eigenvalue weighted by atomic mass is 10.2. The number of carbonyl (C=O) groups is 1. The number of anilines is 1. The van der Waals surface area contributed by atoms with E-state index in [2.05, 4.69) is 10.3 Å². The molecule has 2 aromatic rings. The normalized spacial score (nSPS) is 10.2. The predicted molar refractivity (Wildman–Crippen MR) is 71.6 cm³/mol. The van der Waals surface area contributed by atoms with Crippen molar-refractivity contribution in [2.24, 2.45) is 0 Å². The number of aromatic nitrogens is 1. The van der Waals surface area contributed by atoms with Gasteiger partial charge in [-0.05, 0) is 12.5 Å². The number of hydrogen-bond donors (Lipinski definition) is 1. The summed E-state index contributed by atoms with van der Waals surface area (Å²) < 4.78 is 0. The number of aryl methyl sites for hydroxylation is 1. The fraction of sp³-hybridized carbons (Fsp3) is 0.167. The fourth-order valence-corrected chi connectivity index (χ4v) is 2.51. The standard InChI is InChI=1S/C12H11ClN2OS/c1-8-11(9-5-3-2-4-6-9)17-12(14-8)15-10(16)7-13/h2-6H,7H2,1H3,(H,14,15,16). The van der Waals surface area contributed by atoms with Crippen molar-refractivity contribution in [2.45, 2.75) is 6.92 Å². The molecule has 1 aromatic carbocycles. The van der Waals surface area contributed by atoms with E-state index in [4.69, 9.17) is 11.6 Å². The first kappa shape index (κ1) is 12.1. The highest BCUT2D eigenvalue weighted by atomic mass is 35.5. The van der Waals surface area contributed by atoms with Crippen LogP contribution in [0.15, 0.2) is 30.3 Å². The molecule has 5 heteroatoms. The molecule has 1 heterocycles. The van der Waals surface area contributed by atoms with E-state index in [-0.39, 0.29) is 11.8 Å². The van der Waals surface area contributed by atoms with Crippen molar-refractivity contribution in [2.75, 3.05) is 11.2 Å². The largest absolute Gasteiger partial charge is 0.301 e. The van der Waals surface area contributed by atoms with Crippen LogP contribution in [0.2, 0.25) is 0 Å². The second kappa shape index (κ2) is 5.29. The molecule has 0 bridgehead atoms. The van der Waals surface area contributed by atoms with Gasteiger partial charge in [0.25, 0.3) is 0 Å². The molecule has 0 radical (unpaired) electrons. The van der Waals surface area contributed by atoms with Gasteiger partial charge in [0.15, 0.2) is 5.13 Å². The van der Waals surface area contributed by atoms with Gasteiger partial charge in [0.2, 0.25) is 5.91 Å². The van der Waals surface area contributed by atoms with Crippen molar-refractivity contribution >= 4 is 34.0 Å². The van der Waals surface area contributed by atoms with Crippen LogP contribution in [-0.4, -0.2) is 16.8 Å². The molecular weight excluding hydrogens is 256 g/mol. The Hall–Kier alpha value is -1.39. The summed E-state index contributed by atoms with van der Waals surface area (Å²) in [6.45, 7) is 1.93. The highest BCUT2D eigenvalue weighted by Crippen LogP contribution is 2.32. The van der Waals surface area contributed by atoms with Crippen molar-refractivity contribution in [3.05, 3.63) is 36.0 Å². The van der Waals surface area contributed by atoms with Crippen LogP contribution < -0.4 is 5.32 Å². The van der Waals surface area contributed by atoms with Crippen molar-refractivity contribution in [3.8, 4) is 10.4 Å². The SMILES string of the molecule is Cc1nc(NC(=O)CCl)sc1-c1ccccc1. The lowest BCUT2D eigenvalue weighted by Crippen LogP contribution is -2.12. The lowest BCUT2D eigenvalue weighted by Gasteiger charge is -1.96. The van der Waals surface area contributed by atoms with E-state index in [1.165, 1.54) is 11.3 Å². The van der Waals surface area contributed by atoms with Crippen LogP contribution in [0.3, 0.4) is 0 Å². The highest BCUT2D eigenvalue weighted by molar-refractivity contribution is 7.19. The van der Waals surface area contributed by atoms with Gasteiger partial charge in [-0.3, -0.25) is 4.79 Å². The maximum Gasteiger partial charge on any atom is 0.241 e. The Morgan fingerprint density at radius 3 is 2.76 bits per heavy atom. The number of amides is 1. The number of nitrogens with zero attached hydrogens (tertiary/aromatic N) is 1. The molecule has 1 aromatic heterocycles. The third-order valence-electron chi connectivity index (χ3n) is 2.20. The summed E-state index contributed by atoms with van der Waals surface area (Å²) >= 11 is 6.88. The summed E-state index contributed by atoms with van der Waals surface area (Å²) in [6, 6.07) is 9.97. The Morgan fingerprint density at radius 2 is 2.12 bits per heavy atom. The van der Waals surface area contributed by atoms with Crippen LogP contribution in [0, 0.1) is 6.92 Å². The molecule has 0 atom stereocenters. The van der Waals surface area contributed by atoms with E-state index in [1.54, 1.807) is 0 Å². The molecule has 1 N–H and O–H groups in total. The number of thiazole rings is 1. The lowest BCUT2D eigenvalue weighted by molar-refractivity contribution is -0.113. The molecule has 88 valence electrons. The average molecular weight is 267 g/mol. The second-order valence-corrected chi connectivity index (χ2v) is 4.75. The maximum absolute atomic E-state index is 11.2. The van der Waals surface area contributed by atoms with E-state index in [1.807, 2.05) is 37.3 Å². The summed E-state index contributed by atoms with van der Waals surface area (Å²) in [5, 5.41) is 3.25. The predicted octanol–water partition coefficient (Wildman–Crippen LogP) is 3.30. The number of hydrogen-bond acceptors (Lipinski definition) is 3. The third-order valence-corrected chi connectivity index (χ3v) is 3.56. The van der Waals surface area contributed by atoms with E-state index in [9.17, 15) is 4.79 Å². The van der Waals surface area contributed by atoms with Gasteiger partial charge >= 0.3 is 0 Å². The van der Waals surface area contributed by atoms with Crippen LogP contribution in [0.1, 0.15) is 5.69 Å². The topological polar surface area (TPSA) is 42.0 Å². The van der Waals surface area contributed by atoms with Crippen molar-refractivity contribution in [1.82, 2.24) is 4.98 Å². The van der Waals surface area contributed by atoms with Crippen LogP contribution in [0.25, 0.3) is 10.4 Å². The molecule has 3 nitrogen and oxygen atoms in total. The Balaban J connectivity index is 2.28. The van der Waals surface area contributed by atoms with E-state index < -0.39 is 0 Å². The average Bonchev–Trinajstić information content (AvgIpc) is 2.71. The molecule has 0 fully saturated rings. The number of halogens is 1. The first-order valence-corrected chi connectivity index (χ1v) is 6.44. The third kappa shape index (κ3) is 2.84. The van der Waals surface area contributed by atoms with Crippen LogP contribution in [0.5, 0.6) is 0 Å². The number of benzene rings is 1. The number of carbonyl (C=O) groups excluding carboxylic acids is 1. The Morgan fingerprint density at radius 1 is 1.41 bits per heavy atom. The Bertz CT molecular complexity index is 525. The quantitative estimate of drug-likeness (QED) is 0.866. The number of rotatable bonds is 3. The summed E-state index contributed by atoms with van der Waals surface area (Å²) in [5.41, 5.74) is 2.01. The van der Waals surface area contributed by atoms with Gasteiger partial charge in [-0.2, -0.15) is 0 Å². The second-order valence-electron chi connectivity index (χ2n) is 3.48. The van der Waals surface area contributed by atoms with Crippen molar-refractivity contribution in [1.29, 1.82) is 0 Å². The monoisotopic (exact) mass is 266 g/mol. The molecule has 0 aliphatic rings. The zero-order valence-electron chi connectivity index (χ0n) is 9.24. The minimum atomic E-state index is -0.236. The Kier molecular flexibility index (Phi) is 3.76. The summed E-state index contributed by atoms with van der Waals surface area (Å²) in [5.74, 6) is -0.292.